The number of hydrogen-bond donors (Lipinski definition) is 1. The van der Waals surface area contributed by atoms with Gasteiger partial charge in [0, 0.05) is 4.92 Å². The van der Waals surface area contributed by atoms with E-state index in [4.69, 9.17) is 4.74 Å². The van der Waals surface area contributed by atoms with Gasteiger partial charge in [0.05, 0.1) is 13.0 Å². The molecule has 26 heavy (non-hydrogen) atoms. The fourth-order valence-corrected chi connectivity index (χ4v) is 3.54. The van der Waals surface area contributed by atoms with E-state index >= 15 is 0 Å². The summed E-state index contributed by atoms with van der Waals surface area (Å²) in [7, 11) is 1.24. The second-order valence-electron chi connectivity index (χ2n) is 6.41. The summed E-state index contributed by atoms with van der Waals surface area (Å²) in [6.07, 6.45) is 0. The Balaban J connectivity index is 2.07. The molecule has 4 atom stereocenters. The van der Waals surface area contributed by atoms with Crippen LogP contribution in [0.25, 0.3) is 0 Å². The minimum Gasteiger partial charge on any atom is -0.468 e. The average molecular weight is 358 g/mol. The Morgan fingerprint density at radius 1 is 1.12 bits per heavy atom. The summed E-state index contributed by atoms with van der Waals surface area (Å²) >= 11 is 0. The molecule has 1 N–H and O–H groups in total. The summed E-state index contributed by atoms with van der Waals surface area (Å²) in [5.74, 6) is -1.80. The molecule has 1 aliphatic rings. The van der Waals surface area contributed by atoms with Gasteiger partial charge in [0.2, 0.25) is 6.04 Å². The van der Waals surface area contributed by atoms with Gasteiger partial charge in [-0.3, -0.25) is 20.2 Å². The van der Waals surface area contributed by atoms with E-state index in [1.54, 1.807) is 0 Å². The number of esters is 1. The molecule has 7 heteroatoms. The molecular formula is C19H19FN2O4. The average Bonchev–Trinajstić information content (AvgIpc) is 3.03. The Bertz CT molecular complexity index is 807. The van der Waals surface area contributed by atoms with E-state index in [2.05, 4.69) is 5.32 Å². The maximum absolute atomic E-state index is 13.3. The van der Waals surface area contributed by atoms with Gasteiger partial charge < -0.3 is 4.74 Å². The summed E-state index contributed by atoms with van der Waals surface area (Å²) in [5.41, 5.74) is 2.27. The molecule has 136 valence electrons. The number of benzene rings is 2. The van der Waals surface area contributed by atoms with Crippen LogP contribution in [0.15, 0.2) is 48.5 Å². The van der Waals surface area contributed by atoms with E-state index in [1.165, 1.54) is 31.4 Å². The highest BCUT2D eigenvalue weighted by Gasteiger charge is 2.54. The van der Waals surface area contributed by atoms with Crippen molar-refractivity contribution in [1.82, 2.24) is 5.32 Å². The molecule has 0 radical (unpaired) electrons. The Hall–Kier alpha value is -2.80. The summed E-state index contributed by atoms with van der Waals surface area (Å²) in [6.45, 7) is 1.93. The van der Waals surface area contributed by atoms with E-state index in [0.29, 0.717) is 5.56 Å². The first-order valence-electron chi connectivity index (χ1n) is 8.21. The minimum absolute atomic E-state index is 0.380. The van der Waals surface area contributed by atoms with Crippen molar-refractivity contribution in [3.63, 3.8) is 0 Å². The Labute approximate surface area is 150 Å². The van der Waals surface area contributed by atoms with E-state index in [1.807, 2.05) is 31.2 Å². The van der Waals surface area contributed by atoms with Crippen LogP contribution in [0.2, 0.25) is 0 Å². The number of nitrogens with one attached hydrogen (secondary N) is 1. The molecule has 2 aromatic rings. The number of halogens is 1. The fraction of sp³-hybridized carbons (Fsp3) is 0.316. The lowest BCUT2D eigenvalue weighted by molar-refractivity contribution is -0.527. The molecule has 1 fully saturated rings. The van der Waals surface area contributed by atoms with Crippen LogP contribution in [0.3, 0.4) is 0 Å². The molecule has 1 aliphatic heterocycles. The second-order valence-corrected chi connectivity index (χ2v) is 6.41. The third kappa shape index (κ3) is 3.30. The molecule has 1 heterocycles. The summed E-state index contributed by atoms with van der Waals surface area (Å²) in [5, 5.41) is 15.0. The molecule has 0 aliphatic carbocycles. The van der Waals surface area contributed by atoms with Crippen molar-refractivity contribution < 1.29 is 18.8 Å². The number of ether oxygens (including phenoxy) is 1. The van der Waals surface area contributed by atoms with Gasteiger partial charge in [0.15, 0.2) is 0 Å². The van der Waals surface area contributed by atoms with Gasteiger partial charge in [0.1, 0.15) is 17.9 Å². The van der Waals surface area contributed by atoms with Gasteiger partial charge in [-0.15, -0.1) is 0 Å². The van der Waals surface area contributed by atoms with Crippen molar-refractivity contribution in [3.05, 3.63) is 81.2 Å². The van der Waals surface area contributed by atoms with E-state index in [0.717, 1.165) is 11.1 Å². The molecule has 1 saturated heterocycles. The minimum atomic E-state index is -1.09. The van der Waals surface area contributed by atoms with Crippen LogP contribution in [0.5, 0.6) is 0 Å². The van der Waals surface area contributed by atoms with Crippen LogP contribution in [0.4, 0.5) is 4.39 Å². The first-order chi connectivity index (χ1) is 12.4. The summed E-state index contributed by atoms with van der Waals surface area (Å²) in [6, 6.07) is 10.1. The molecule has 2 aromatic carbocycles. The van der Waals surface area contributed by atoms with E-state index < -0.39 is 35.8 Å². The van der Waals surface area contributed by atoms with Gasteiger partial charge in [-0.1, -0.05) is 42.0 Å². The van der Waals surface area contributed by atoms with Crippen LogP contribution in [0.1, 0.15) is 28.7 Å². The Kier molecular flexibility index (Phi) is 4.99. The molecule has 0 saturated carbocycles. The molecule has 0 amide bonds. The van der Waals surface area contributed by atoms with E-state index in [-0.39, 0.29) is 4.92 Å². The van der Waals surface area contributed by atoms with Crippen LogP contribution < -0.4 is 5.32 Å². The third-order valence-electron chi connectivity index (χ3n) is 4.82. The van der Waals surface area contributed by atoms with E-state index in [9.17, 15) is 19.3 Å². The smallest absolute Gasteiger partial charge is 0.323 e. The molecule has 0 aromatic heterocycles. The highest BCUT2D eigenvalue weighted by molar-refractivity contribution is 5.78. The maximum Gasteiger partial charge on any atom is 0.323 e. The fourth-order valence-electron chi connectivity index (χ4n) is 3.54. The number of carbonyl (C=O) groups excluding carboxylic acids is 1. The predicted molar refractivity (Wildman–Crippen MR) is 92.8 cm³/mol. The van der Waals surface area contributed by atoms with Crippen molar-refractivity contribution in [2.45, 2.75) is 31.0 Å². The topological polar surface area (TPSA) is 81.5 Å². The zero-order chi connectivity index (χ0) is 18.8. The van der Waals surface area contributed by atoms with Crippen molar-refractivity contribution in [1.29, 1.82) is 0 Å². The van der Waals surface area contributed by atoms with Crippen molar-refractivity contribution >= 4 is 5.97 Å². The van der Waals surface area contributed by atoms with Crippen molar-refractivity contribution in [3.8, 4) is 0 Å². The second kappa shape index (κ2) is 7.21. The zero-order valence-electron chi connectivity index (χ0n) is 14.4. The number of nitro groups is 1. The summed E-state index contributed by atoms with van der Waals surface area (Å²) < 4.78 is 18.1. The van der Waals surface area contributed by atoms with Crippen molar-refractivity contribution in [2.24, 2.45) is 0 Å². The quantitative estimate of drug-likeness (QED) is 0.516. The van der Waals surface area contributed by atoms with Crippen LogP contribution in [0, 0.1) is 22.9 Å². The van der Waals surface area contributed by atoms with Crippen LogP contribution in [-0.4, -0.2) is 30.1 Å². The van der Waals surface area contributed by atoms with Crippen LogP contribution >= 0.6 is 0 Å². The predicted octanol–water partition coefficient (Wildman–Crippen LogP) is 2.75. The Morgan fingerprint density at radius 3 is 2.23 bits per heavy atom. The van der Waals surface area contributed by atoms with Gasteiger partial charge in [-0.25, -0.2) is 4.39 Å². The number of nitrogens with zero attached hydrogens (tertiary/aromatic N) is 1. The molecule has 3 rings (SSSR count). The molecule has 0 unspecified atom stereocenters. The monoisotopic (exact) mass is 358 g/mol. The SMILES string of the molecule is COC(=O)[C@@H]1N[C@H](c2ccc(C)cc2)[C@H]([N+](=O)[O-])[C@H]1c1ccc(F)cc1. The largest absolute Gasteiger partial charge is 0.468 e. The van der Waals surface area contributed by atoms with Crippen LogP contribution in [-0.2, 0) is 9.53 Å². The number of hydrogen-bond acceptors (Lipinski definition) is 5. The first-order valence-corrected chi connectivity index (χ1v) is 8.21. The van der Waals surface area contributed by atoms with Crippen molar-refractivity contribution in [2.75, 3.05) is 7.11 Å². The highest BCUT2D eigenvalue weighted by atomic mass is 19.1. The maximum atomic E-state index is 13.3. The van der Waals surface area contributed by atoms with Gasteiger partial charge in [0.25, 0.3) is 0 Å². The third-order valence-corrected chi connectivity index (χ3v) is 4.82. The zero-order valence-corrected chi connectivity index (χ0v) is 14.4. The standard InChI is InChI=1S/C19H19FN2O4/c1-11-3-5-13(6-4-11)16-18(22(24)25)15(17(21-16)19(23)26-2)12-7-9-14(20)10-8-12/h3-10,15-18,21H,1-2H3/t15-,16+,17+,18+/m0/s1. The normalized spacial score (nSPS) is 25.0. The molecular weight excluding hydrogens is 339 g/mol. The number of rotatable bonds is 4. The number of carbonyl (C=O) groups is 1. The number of aryl methyl sites for hydroxylation is 1. The number of methoxy groups -OCH3 is 1. The molecule has 6 nitrogen and oxygen atoms in total. The first kappa shape index (κ1) is 18.0. The lowest BCUT2D eigenvalue weighted by Crippen LogP contribution is -2.37. The lowest BCUT2D eigenvalue weighted by Gasteiger charge is -2.19. The summed E-state index contributed by atoms with van der Waals surface area (Å²) in [4.78, 5) is 23.8. The van der Waals surface area contributed by atoms with Gasteiger partial charge in [-0.05, 0) is 30.2 Å². The molecule has 0 bridgehead atoms. The highest BCUT2D eigenvalue weighted by Crippen LogP contribution is 2.40. The Morgan fingerprint density at radius 2 is 1.69 bits per heavy atom. The van der Waals surface area contributed by atoms with Gasteiger partial charge in [-0.2, -0.15) is 0 Å². The molecule has 0 spiro atoms. The van der Waals surface area contributed by atoms with Gasteiger partial charge >= 0.3 is 5.97 Å². The lowest BCUT2D eigenvalue weighted by atomic mass is 9.85.